The maximum Gasteiger partial charge on any atom is 0.358 e. The Bertz CT molecular complexity index is 1120. The predicted molar refractivity (Wildman–Crippen MR) is 108 cm³/mol. The van der Waals surface area contributed by atoms with Crippen molar-refractivity contribution in [3.05, 3.63) is 73.3 Å². The summed E-state index contributed by atoms with van der Waals surface area (Å²) in [6, 6.07) is 8.74. The van der Waals surface area contributed by atoms with Gasteiger partial charge in [-0.25, -0.2) is 0 Å². The molecule has 0 N–H and O–H groups in total. The number of halogens is 1. The molecule has 0 bridgehead atoms. The number of nitrogens with zero attached hydrogens (tertiary/aromatic N) is 3. The summed E-state index contributed by atoms with van der Waals surface area (Å²) in [5, 5.41) is 26.6. The van der Waals surface area contributed by atoms with Gasteiger partial charge in [-0.1, -0.05) is 23.2 Å². The van der Waals surface area contributed by atoms with E-state index in [1.54, 1.807) is 0 Å². The van der Waals surface area contributed by atoms with Gasteiger partial charge in [0.25, 0.3) is 11.4 Å². The normalized spacial score (nSPS) is 18.2. The molecule has 1 unspecified atom stereocenters. The van der Waals surface area contributed by atoms with E-state index in [4.69, 9.17) is 15.9 Å². The van der Waals surface area contributed by atoms with Crippen molar-refractivity contribution in [2.75, 3.05) is 0 Å². The summed E-state index contributed by atoms with van der Waals surface area (Å²) in [5.74, 6) is -0.583. The fraction of sp³-hybridized carbons (Fsp3) is 0.278. The summed E-state index contributed by atoms with van der Waals surface area (Å²) >= 11 is 5.76. The molecule has 1 saturated carbocycles. The minimum Gasteiger partial charge on any atom is -0.265 e. The smallest absolute Gasteiger partial charge is 0.265 e. The first-order valence-electron chi connectivity index (χ1n) is 8.88. The molecule has 0 aromatic heterocycles. The zero-order valence-corrected chi connectivity index (χ0v) is 17.0. The summed E-state index contributed by atoms with van der Waals surface area (Å²) in [5.41, 5.74) is -0.252. The van der Waals surface area contributed by atoms with Crippen LogP contribution in [0, 0.1) is 20.2 Å². The Morgan fingerprint density at radius 3 is 2.37 bits per heavy atom. The van der Waals surface area contributed by atoms with Crippen LogP contribution in [0.2, 0.25) is 5.02 Å². The van der Waals surface area contributed by atoms with E-state index in [2.05, 4.69) is 5.16 Å². The second-order valence-electron chi connectivity index (χ2n) is 6.62. The zero-order valence-electron chi connectivity index (χ0n) is 15.4. The van der Waals surface area contributed by atoms with Crippen LogP contribution in [-0.4, -0.2) is 24.0 Å². The van der Waals surface area contributed by atoms with Crippen LogP contribution >= 0.6 is 11.6 Å². The third-order valence-corrected chi connectivity index (χ3v) is 6.10. The van der Waals surface area contributed by atoms with Crippen LogP contribution in [0.1, 0.15) is 37.2 Å². The average Bonchev–Trinajstić information content (AvgIpc) is 2.72. The molecule has 0 saturated heterocycles. The largest absolute Gasteiger partial charge is 0.358 e. The summed E-state index contributed by atoms with van der Waals surface area (Å²) in [7, 11) is -4.20. The van der Waals surface area contributed by atoms with E-state index in [1.165, 1.54) is 36.4 Å². The zero-order chi connectivity index (χ0) is 21.9. The fourth-order valence-electron chi connectivity index (χ4n) is 3.28. The van der Waals surface area contributed by atoms with Crippen LogP contribution in [-0.2, 0) is 14.4 Å². The van der Waals surface area contributed by atoms with Crippen LogP contribution in [0.5, 0.6) is 0 Å². The highest BCUT2D eigenvalue weighted by molar-refractivity contribution is 7.86. The lowest BCUT2D eigenvalue weighted by Crippen LogP contribution is -2.20. The van der Waals surface area contributed by atoms with Gasteiger partial charge >= 0.3 is 10.1 Å². The van der Waals surface area contributed by atoms with Crippen molar-refractivity contribution in [2.24, 2.45) is 5.16 Å². The first-order chi connectivity index (χ1) is 14.2. The Kier molecular flexibility index (Phi) is 6.32. The second kappa shape index (κ2) is 8.76. The molecule has 2 aromatic carbocycles. The molecular formula is C18H16ClN3O7S. The quantitative estimate of drug-likeness (QED) is 0.460. The summed E-state index contributed by atoms with van der Waals surface area (Å²) < 4.78 is 29.6. The fourth-order valence-corrected chi connectivity index (χ4v) is 4.15. The Morgan fingerprint density at radius 2 is 1.73 bits per heavy atom. The summed E-state index contributed by atoms with van der Waals surface area (Å²) in [6.07, 6.45) is 2.30. The number of hydrogen-bond acceptors (Lipinski definition) is 8. The van der Waals surface area contributed by atoms with Gasteiger partial charge in [0.05, 0.1) is 21.6 Å². The predicted octanol–water partition coefficient (Wildman–Crippen LogP) is 4.58. The summed E-state index contributed by atoms with van der Waals surface area (Å²) in [6.45, 7) is 0. The van der Waals surface area contributed by atoms with Gasteiger partial charge in [0, 0.05) is 22.6 Å². The van der Waals surface area contributed by atoms with E-state index < -0.39 is 37.3 Å². The van der Waals surface area contributed by atoms with Crippen LogP contribution in [0.15, 0.2) is 52.5 Å². The van der Waals surface area contributed by atoms with Gasteiger partial charge in [0.15, 0.2) is 0 Å². The van der Waals surface area contributed by atoms with Crippen LogP contribution in [0.4, 0.5) is 11.4 Å². The standard InChI is InChI=1S/C18H16ClN3O7S/c19-12-5-8-14(9-6-12)30(27,28)29-20-17-4-2-1-3-15(17)16-10-7-13(21(23)24)11-18(16)22(25)26/h5-11,15H,1-4H2/b20-17+. The Hall–Kier alpha value is -3.05. The second-order valence-corrected chi connectivity index (χ2v) is 8.59. The van der Waals surface area contributed by atoms with Crippen molar-refractivity contribution in [3.8, 4) is 0 Å². The van der Waals surface area contributed by atoms with E-state index in [0.717, 1.165) is 12.5 Å². The van der Waals surface area contributed by atoms with E-state index in [-0.39, 0.29) is 10.5 Å². The minimum absolute atomic E-state index is 0.134. The van der Waals surface area contributed by atoms with Crippen molar-refractivity contribution in [1.82, 2.24) is 0 Å². The van der Waals surface area contributed by atoms with Crippen LogP contribution in [0.25, 0.3) is 0 Å². The Labute approximate surface area is 176 Å². The lowest BCUT2D eigenvalue weighted by Gasteiger charge is -2.23. The van der Waals surface area contributed by atoms with Gasteiger partial charge in [-0.3, -0.25) is 24.5 Å². The molecule has 12 heteroatoms. The Morgan fingerprint density at radius 1 is 1.03 bits per heavy atom. The van der Waals surface area contributed by atoms with Gasteiger partial charge in [-0.15, -0.1) is 0 Å². The molecule has 1 atom stereocenters. The molecule has 0 heterocycles. The Balaban J connectivity index is 1.94. The molecule has 1 aliphatic rings. The molecule has 2 aromatic rings. The molecule has 0 amide bonds. The lowest BCUT2D eigenvalue weighted by molar-refractivity contribution is -0.394. The number of nitro benzene ring substituents is 2. The molecule has 3 rings (SSSR count). The number of hydrogen-bond donors (Lipinski definition) is 0. The van der Waals surface area contributed by atoms with Gasteiger partial charge in [-0.05, 0) is 49.6 Å². The van der Waals surface area contributed by atoms with Crippen molar-refractivity contribution < 1.29 is 22.5 Å². The van der Waals surface area contributed by atoms with Crippen LogP contribution in [0.3, 0.4) is 0 Å². The SMILES string of the molecule is O=[N+]([O-])c1ccc(C2CCCC/C2=N\OS(=O)(=O)c2ccc(Cl)cc2)c([N+](=O)[O-])c1. The highest BCUT2D eigenvalue weighted by Gasteiger charge is 2.31. The molecular weight excluding hydrogens is 438 g/mol. The molecule has 1 fully saturated rings. The van der Waals surface area contributed by atoms with Crippen LogP contribution < -0.4 is 0 Å². The third-order valence-electron chi connectivity index (χ3n) is 4.73. The molecule has 30 heavy (non-hydrogen) atoms. The third kappa shape index (κ3) is 4.74. The highest BCUT2D eigenvalue weighted by Crippen LogP contribution is 2.38. The van der Waals surface area contributed by atoms with E-state index in [0.29, 0.717) is 30.0 Å². The minimum atomic E-state index is -4.20. The van der Waals surface area contributed by atoms with E-state index in [1.807, 2.05) is 0 Å². The molecule has 0 radical (unpaired) electrons. The van der Waals surface area contributed by atoms with Crippen molar-refractivity contribution in [3.63, 3.8) is 0 Å². The van der Waals surface area contributed by atoms with Gasteiger partial charge < -0.3 is 0 Å². The first kappa shape index (κ1) is 21.7. The van der Waals surface area contributed by atoms with Crippen molar-refractivity contribution in [2.45, 2.75) is 36.5 Å². The maximum absolute atomic E-state index is 12.4. The molecule has 0 aliphatic heterocycles. The monoisotopic (exact) mass is 453 g/mol. The lowest BCUT2D eigenvalue weighted by atomic mass is 9.81. The molecule has 158 valence electrons. The maximum atomic E-state index is 12.4. The van der Waals surface area contributed by atoms with Crippen molar-refractivity contribution >= 4 is 38.8 Å². The number of oxime groups is 1. The number of rotatable bonds is 6. The van der Waals surface area contributed by atoms with E-state index >= 15 is 0 Å². The molecule has 1 aliphatic carbocycles. The van der Waals surface area contributed by atoms with Crippen molar-refractivity contribution in [1.29, 1.82) is 0 Å². The molecule has 0 spiro atoms. The first-order valence-corrected chi connectivity index (χ1v) is 10.7. The molecule has 10 nitrogen and oxygen atoms in total. The topological polar surface area (TPSA) is 142 Å². The van der Waals surface area contributed by atoms with Gasteiger partial charge in [-0.2, -0.15) is 8.42 Å². The number of benzene rings is 2. The number of nitro groups is 2. The van der Waals surface area contributed by atoms with E-state index in [9.17, 15) is 28.6 Å². The van der Waals surface area contributed by atoms with Gasteiger partial charge in [0.2, 0.25) is 0 Å². The highest BCUT2D eigenvalue weighted by atomic mass is 35.5. The van der Waals surface area contributed by atoms with Gasteiger partial charge in [0.1, 0.15) is 4.90 Å². The number of non-ortho nitro benzene ring substituents is 1. The average molecular weight is 454 g/mol. The summed E-state index contributed by atoms with van der Waals surface area (Å²) in [4.78, 5) is 20.9.